The van der Waals surface area contributed by atoms with Gasteiger partial charge in [0.15, 0.2) is 0 Å². The Morgan fingerprint density at radius 1 is 1.44 bits per heavy atom. The maximum absolute atomic E-state index is 13.3. The van der Waals surface area contributed by atoms with Crippen molar-refractivity contribution >= 4 is 15.9 Å². The van der Waals surface area contributed by atoms with E-state index < -0.39 is 20.7 Å². The van der Waals surface area contributed by atoms with Gasteiger partial charge in [-0.1, -0.05) is 6.92 Å². The highest BCUT2D eigenvalue weighted by Gasteiger charge is 2.18. The second-order valence-electron chi connectivity index (χ2n) is 3.92. The zero-order valence-corrected chi connectivity index (χ0v) is 11.0. The smallest absolute Gasteiger partial charge is 0.253 e. The summed E-state index contributed by atoms with van der Waals surface area (Å²) in [4.78, 5) is 12.7. The van der Waals surface area contributed by atoms with Gasteiger partial charge in [0, 0.05) is 19.2 Å². The summed E-state index contributed by atoms with van der Waals surface area (Å²) in [7, 11) is -2.58. The van der Waals surface area contributed by atoms with Gasteiger partial charge in [0.25, 0.3) is 5.91 Å². The van der Waals surface area contributed by atoms with Crippen molar-refractivity contribution < 1.29 is 17.6 Å². The first-order valence-electron chi connectivity index (χ1n) is 5.35. The van der Waals surface area contributed by atoms with Crippen molar-refractivity contribution in [1.29, 1.82) is 0 Å². The molecular formula is C11H15FN2O3S. The van der Waals surface area contributed by atoms with Gasteiger partial charge < -0.3 is 4.90 Å². The molecule has 0 atom stereocenters. The molecule has 0 bridgehead atoms. The van der Waals surface area contributed by atoms with Gasteiger partial charge in [-0.15, -0.1) is 0 Å². The van der Waals surface area contributed by atoms with Crippen LogP contribution < -0.4 is 5.14 Å². The van der Waals surface area contributed by atoms with Gasteiger partial charge in [0.2, 0.25) is 10.0 Å². The molecule has 1 aromatic carbocycles. The molecule has 0 saturated carbocycles. The normalized spacial score (nSPS) is 11.3. The zero-order valence-electron chi connectivity index (χ0n) is 10.2. The van der Waals surface area contributed by atoms with Crippen LogP contribution in [0.4, 0.5) is 4.39 Å². The third-order valence-electron chi connectivity index (χ3n) is 2.39. The van der Waals surface area contributed by atoms with E-state index in [1.54, 1.807) is 7.05 Å². The molecule has 1 amide bonds. The predicted molar refractivity (Wildman–Crippen MR) is 65.0 cm³/mol. The van der Waals surface area contributed by atoms with E-state index in [9.17, 15) is 17.6 Å². The van der Waals surface area contributed by atoms with E-state index in [2.05, 4.69) is 0 Å². The summed E-state index contributed by atoms with van der Waals surface area (Å²) in [6.07, 6.45) is 0.769. The number of nitrogens with zero attached hydrogens (tertiary/aromatic N) is 1. The number of hydrogen-bond acceptors (Lipinski definition) is 3. The summed E-state index contributed by atoms with van der Waals surface area (Å²) in [6, 6.07) is 3.12. The fraction of sp³-hybridized carbons (Fsp3) is 0.364. The van der Waals surface area contributed by atoms with Gasteiger partial charge in [0.1, 0.15) is 10.7 Å². The maximum Gasteiger partial charge on any atom is 0.253 e. The first-order chi connectivity index (χ1) is 8.27. The summed E-state index contributed by atoms with van der Waals surface area (Å²) < 4.78 is 35.6. The van der Waals surface area contributed by atoms with Crippen LogP contribution in [0.15, 0.2) is 23.1 Å². The lowest BCUT2D eigenvalue weighted by Gasteiger charge is -2.16. The lowest BCUT2D eigenvalue weighted by Crippen LogP contribution is -2.27. The minimum absolute atomic E-state index is 0.0939. The van der Waals surface area contributed by atoms with Crippen molar-refractivity contribution in [1.82, 2.24) is 4.90 Å². The van der Waals surface area contributed by atoms with E-state index in [0.29, 0.717) is 6.54 Å². The predicted octanol–water partition coefficient (Wildman–Crippen LogP) is 0.955. The van der Waals surface area contributed by atoms with Crippen LogP contribution >= 0.6 is 0 Å². The number of hydrogen-bond donors (Lipinski definition) is 1. The topological polar surface area (TPSA) is 80.5 Å². The SMILES string of the molecule is CCCN(C)C(=O)c1ccc(F)c(S(N)(=O)=O)c1. The number of sulfonamides is 1. The molecule has 0 heterocycles. The van der Waals surface area contributed by atoms with Crippen molar-refractivity contribution in [3.63, 3.8) is 0 Å². The molecule has 0 saturated heterocycles. The Morgan fingerprint density at radius 2 is 2.06 bits per heavy atom. The summed E-state index contributed by atoms with van der Waals surface area (Å²) >= 11 is 0. The Kier molecular flexibility index (Phi) is 4.42. The van der Waals surface area contributed by atoms with Gasteiger partial charge in [0.05, 0.1) is 0 Å². The summed E-state index contributed by atoms with van der Waals surface area (Å²) in [5.41, 5.74) is 0.0939. The molecule has 0 unspecified atom stereocenters. The Labute approximate surface area is 105 Å². The van der Waals surface area contributed by atoms with Crippen molar-refractivity contribution in [2.24, 2.45) is 5.14 Å². The molecule has 1 aromatic rings. The second-order valence-corrected chi connectivity index (χ2v) is 5.45. The Hall–Kier alpha value is -1.47. The summed E-state index contributed by atoms with van der Waals surface area (Å²) in [6.45, 7) is 2.44. The number of carbonyl (C=O) groups excluding carboxylic acids is 1. The fourth-order valence-corrected chi connectivity index (χ4v) is 2.14. The number of halogens is 1. The third-order valence-corrected chi connectivity index (χ3v) is 3.32. The maximum atomic E-state index is 13.3. The van der Waals surface area contributed by atoms with Gasteiger partial charge in [-0.25, -0.2) is 17.9 Å². The van der Waals surface area contributed by atoms with Crippen LogP contribution in [0.1, 0.15) is 23.7 Å². The molecule has 0 spiro atoms. The fourth-order valence-electron chi connectivity index (χ4n) is 1.51. The monoisotopic (exact) mass is 274 g/mol. The number of primary sulfonamides is 1. The van der Waals surface area contributed by atoms with Crippen LogP contribution in [0.3, 0.4) is 0 Å². The Balaban J connectivity index is 3.17. The van der Waals surface area contributed by atoms with Crippen LogP contribution in [0.5, 0.6) is 0 Å². The second kappa shape index (κ2) is 5.45. The number of nitrogens with two attached hydrogens (primary N) is 1. The van der Waals surface area contributed by atoms with Crippen LogP contribution in [0, 0.1) is 5.82 Å². The van der Waals surface area contributed by atoms with Gasteiger partial charge in [-0.3, -0.25) is 4.79 Å². The van der Waals surface area contributed by atoms with Crippen LogP contribution in [-0.2, 0) is 10.0 Å². The molecule has 7 heteroatoms. The molecule has 0 aliphatic heterocycles. The standard InChI is InChI=1S/C11H15FN2O3S/c1-3-6-14(2)11(15)8-4-5-9(12)10(7-8)18(13,16)17/h4-5,7H,3,6H2,1-2H3,(H2,13,16,17). The number of benzene rings is 1. The largest absolute Gasteiger partial charge is 0.342 e. The quantitative estimate of drug-likeness (QED) is 0.887. The highest BCUT2D eigenvalue weighted by atomic mass is 32.2. The van der Waals surface area contributed by atoms with Crippen molar-refractivity contribution in [3.8, 4) is 0 Å². The number of carbonyl (C=O) groups is 1. The van der Waals surface area contributed by atoms with Crippen LogP contribution in [-0.4, -0.2) is 32.8 Å². The van der Waals surface area contributed by atoms with Gasteiger partial charge in [-0.2, -0.15) is 0 Å². The highest BCUT2D eigenvalue weighted by molar-refractivity contribution is 7.89. The minimum Gasteiger partial charge on any atom is -0.342 e. The van der Waals surface area contributed by atoms with Crippen LogP contribution in [0.2, 0.25) is 0 Å². The van der Waals surface area contributed by atoms with E-state index in [1.807, 2.05) is 6.92 Å². The molecule has 18 heavy (non-hydrogen) atoms. The highest BCUT2D eigenvalue weighted by Crippen LogP contribution is 2.16. The molecule has 100 valence electrons. The molecule has 1 rings (SSSR count). The zero-order chi connectivity index (χ0) is 13.9. The molecular weight excluding hydrogens is 259 g/mol. The lowest BCUT2D eigenvalue weighted by molar-refractivity contribution is 0.0795. The first kappa shape index (κ1) is 14.6. The Bertz CT molecular complexity index is 557. The molecule has 0 fully saturated rings. The molecule has 2 N–H and O–H groups in total. The summed E-state index contributed by atoms with van der Waals surface area (Å²) in [5.74, 6) is -1.34. The summed E-state index contributed by atoms with van der Waals surface area (Å²) in [5, 5.41) is 4.87. The number of amides is 1. The molecule has 0 aromatic heterocycles. The molecule has 5 nitrogen and oxygen atoms in total. The van der Waals surface area contributed by atoms with Gasteiger partial charge in [-0.05, 0) is 24.6 Å². The average molecular weight is 274 g/mol. The average Bonchev–Trinajstić information content (AvgIpc) is 2.27. The van der Waals surface area contributed by atoms with E-state index in [4.69, 9.17) is 5.14 Å². The first-order valence-corrected chi connectivity index (χ1v) is 6.89. The minimum atomic E-state index is -4.17. The molecule has 0 aliphatic rings. The van der Waals surface area contributed by atoms with Crippen molar-refractivity contribution in [2.75, 3.05) is 13.6 Å². The van der Waals surface area contributed by atoms with E-state index in [0.717, 1.165) is 18.6 Å². The van der Waals surface area contributed by atoms with E-state index >= 15 is 0 Å². The number of rotatable bonds is 4. The van der Waals surface area contributed by atoms with E-state index in [-0.39, 0.29) is 11.5 Å². The van der Waals surface area contributed by atoms with Crippen molar-refractivity contribution in [2.45, 2.75) is 18.2 Å². The van der Waals surface area contributed by atoms with Gasteiger partial charge >= 0.3 is 0 Å². The van der Waals surface area contributed by atoms with Crippen LogP contribution in [0.25, 0.3) is 0 Å². The molecule has 0 radical (unpaired) electrons. The molecule has 0 aliphatic carbocycles. The van der Waals surface area contributed by atoms with E-state index in [1.165, 1.54) is 11.0 Å². The Morgan fingerprint density at radius 3 is 2.56 bits per heavy atom. The van der Waals surface area contributed by atoms with Crippen molar-refractivity contribution in [3.05, 3.63) is 29.6 Å². The third kappa shape index (κ3) is 3.27. The lowest BCUT2D eigenvalue weighted by atomic mass is 10.2.